The van der Waals surface area contributed by atoms with E-state index in [1.54, 1.807) is 6.07 Å². The van der Waals surface area contributed by atoms with Crippen LogP contribution in [-0.2, 0) is 6.42 Å². The second kappa shape index (κ2) is 7.44. The highest BCUT2D eigenvalue weighted by Gasteiger charge is 2.31. The van der Waals surface area contributed by atoms with Crippen LogP contribution in [0, 0.1) is 5.92 Å². The first-order chi connectivity index (χ1) is 11.2. The molecule has 6 nitrogen and oxygen atoms in total. The van der Waals surface area contributed by atoms with Crippen molar-refractivity contribution in [3.8, 4) is 0 Å². The topological polar surface area (TPSA) is 100 Å². The number of rotatable bonds is 8. The zero-order valence-corrected chi connectivity index (χ0v) is 14.5. The van der Waals surface area contributed by atoms with Crippen molar-refractivity contribution < 1.29 is 14.3 Å². The molecule has 2 rings (SSSR count). The first kappa shape index (κ1) is 18.6. The molecule has 1 aliphatic rings. The first-order valence-electron chi connectivity index (χ1n) is 8.27. The number of aromatic nitrogens is 1. The minimum Gasteiger partial charge on any atom is -0.387 e. The number of amides is 1. The van der Waals surface area contributed by atoms with Gasteiger partial charge in [-0.15, -0.1) is 0 Å². The number of hydrogen-bond acceptors (Lipinski definition) is 5. The smallest absolute Gasteiger partial charge is 0.252 e. The molecule has 1 aromatic rings. The number of alkyl halides is 1. The van der Waals surface area contributed by atoms with Gasteiger partial charge in [0.2, 0.25) is 0 Å². The standard InChI is InChI=1S/C17H27FN4O2/c1-17(2,24)14(18)8-13-15(16(19)23)12(4-5-21-13)22-11-6-10(7-11)9-20-3/h4-5,10-11,14,20,24H,6-9H2,1-3H3,(H2,19,23)(H,21,22)/t10?,11?,14-/m1/s1. The summed E-state index contributed by atoms with van der Waals surface area (Å²) in [4.78, 5) is 16.0. The highest BCUT2D eigenvalue weighted by atomic mass is 19.1. The molecule has 0 spiro atoms. The molecular weight excluding hydrogens is 311 g/mol. The highest BCUT2D eigenvalue weighted by Crippen LogP contribution is 2.31. The van der Waals surface area contributed by atoms with Gasteiger partial charge in [-0.3, -0.25) is 9.78 Å². The Morgan fingerprint density at radius 3 is 2.75 bits per heavy atom. The summed E-state index contributed by atoms with van der Waals surface area (Å²) in [5, 5.41) is 16.2. The number of carbonyl (C=O) groups is 1. The Balaban J connectivity index is 2.14. The Bertz CT molecular complexity index is 582. The number of pyridine rings is 1. The van der Waals surface area contributed by atoms with Crippen LogP contribution < -0.4 is 16.4 Å². The van der Waals surface area contributed by atoms with Gasteiger partial charge in [0.15, 0.2) is 0 Å². The molecular formula is C17H27FN4O2. The predicted octanol–water partition coefficient (Wildman–Crippen LogP) is 1.24. The Morgan fingerprint density at radius 1 is 1.54 bits per heavy atom. The van der Waals surface area contributed by atoms with Gasteiger partial charge in [-0.1, -0.05) is 0 Å². The van der Waals surface area contributed by atoms with E-state index in [1.807, 2.05) is 7.05 Å². The van der Waals surface area contributed by atoms with Gasteiger partial charge in [0.1, 0.15) is 6.17 Å². The van der Waals surface area contributed by atoms with Crippen LogP contribution in [0.3, 0.4) is 0 Å². The maximum Gasteiger partial charge on any atom is 0.252 e. The van der Waals surface area contributed by atoms with E-state index >= 15 is 0 Å². The molecule has 0 bridgehead atoms. The third-order valence-electron chi connectivity index (χ3n) is 4.50. The number of nitrogens with zero attached hydrogens (tertiary/aromatic N) is 1. The van der Waals surface area contributed by atoms with Crippen molar-refractivity contribution in [2.75, 3.05) is 18.9 Å². The zero-order valence-electron chi connectivity index (χ0n) is 14.5. The number of halogens is 1. The first-order valence-corrected chi connectivity index (χ1v) is 8.27. The molecule has 1 aromatic heterocycles. The molecule has 1 atom stereocenters. The lowest BCUT2D eigenvalue weighted by Gasteiger charge is -2.37. The molecule has 134 valence electrons. The van der Waals surface area contributed by atoms with Crippen LogP contribution in [0.4, 0.5) is 10.1 Å². The fourth-order valence-electron chi connectivity index (χ4n) is 3.00. The summed E-state index contributed by atoms with van der Waals surface area (Å²) < 4.78 is 14.2. The molecule has 1 amide bonds. The van der Waals surface area contributed by atoms with Crippen LogP contribution in [0.1, 0.15) is 42.7 Å². The second-order valence-corrected chi connectivity index (χ2v) is 7.11. The average Bonchev–Trinajstić information content (AvgIpc) is 2.43. The number of primary amides is 1. The van der Waals surface area contributed by atoms with Gasteiger partial charge in [0.05, 0.1) is 22.5 Å². The van der Waals surface area contributed by atoms with Crippen molar-refractivity contribution in [2.45, 2.75) is 50.9 Å². The molecule has 1 heterocycles. The summed E-state index contributed by atoms with van der Waals surface area (Å²) in [6, 6.07) is 1.96. The maximum absolute atomic E-state index is 14.2. The fourth-order valence-corrected chi connectivity index (χ4v) is 3.00. The SMILES string of the molecule is CNCC1CC(Nc2ccnc(C[C@@H](F)C(C)(C)O)c2C(N)=O)C1. The van der Waals surface area contributed by atoms with Crippen LogP contribution in [0.2, 0.25) is 0 Å². The van der Waals surface area contributed by atoms with E-state index in [4.69, 9.17) is 5.73 Å². The molecule has 7 heteroatoms. The van der Waals surface area contributed by atoms with Gasteiger partial charge < -0.3 is 21.5 Å². The number of anilines is 1. The monoisotopic (exact) mass is 338 g/mol. The second-order valence-electron chi connectivity index (χ2n) is 7.11. The summed E-state index contributed by atoms with van der Waals surface area (Å²) in [6.07, 6.45) is 1.84. The van der Waals surface area contributed by atoms with Crippen molar-refractivity contribution in [3.63, 3.8) is 0 Å². The summed E-state index contributed by atoms with van der Waals surface area (Å²) in [6.45, 7) is 3.75. The van der Waals surface area contributed by atoms with Gasteiger partial charge >= 0.3 is 0 Å². The number of hydrogen-bond donors (Lipinski definition) is 4. The molecule has 1 fully saturated rings. The van der Waals surface area contributed by atoms with E-state index in [9.17, 15) is 14.3 Å². The maximum atomic E-state index is 14.2. The minimum atomic E-state index is -1.54. The van der Waals surface area contributed by atoms with Crippen molar-refractivity contribution in [1.82, 2.24) is 10.3 Å². The lowest BCUT2D eigenvalue weighted by Crippen LogP contribution is -2.40. The Hall–Kier alpha value is -1.73. The lowest BCUT2D eigenvalue weighted by atomic mass is 9.80. The third-order valence-corrected chi connectivity index (χ3v) is 4.50. The van der Waals surface area contributed by atoms with E-state index < -0.39 is 17.7 Å². The summed E-state index contributed by atoms with van der Waals surface area (Å²) >= 11 is 0. The van der Waals surface area contributed by atoms with E-state index in [0.717, 1.165) is 19.4 Å². The number of aliphatic hydroxyl groups is 1. The van der Waals surface area contributed by atoms with Gasteiger partial charge in [-0.2, -0.15) is 0 Å². The predicted molar refractivity (Wildman–Crippen MR) is 91.7 cm³/mol. The van der Waals surface area contributed by atoms with Crippen molar-refractivity contribution in [1.29, 1.82) is 0 Å². The lowest BCUT2D eigenvalue weighted by molar-refractivity contribution is -0.00307. The van der Waals surface area contributed by atoms with Crippen LogP contribution >= 0.6 is 0 Å². The van der Waals surface area contributed by atoms with Gasteiger partial charge in [-0.05, 0) is 52.3 Å². The Labute approximate surface area is 142 Å². The van der Waals surface area contributed by atoms with E-state index in [2.05, 4.69) is 15.6 Å². The number of carbonyl (C=O) groups excluding carboxylic acids is 1. The fraction of sp³-hybridized carbons (Fsp3) is 0.647. The molecule has 0 saturated heterocycles. The molecule has 1 aliphatic carbocycles. The summed E-state index contributed by atoms with van der Waals surface area (Å²) in [5.74, 6) is -0.0223. The zero-order chi connectivity index (χ0) is 17.9. The average molecular weight is 338 g/mol. The van der Waals surface area contributed by atoms with Crippen molar-refractivity contribution in [2.24, 2.45) is 11.7 Å². The van der Waals surface area contributed by atoms with E-state index in [-0.39, 0.29) is 23.7 Å². The minimum absolute atomic E-state index is 0.162. The van der Waals surface area contributed by atoms with Crippen molar-refractivity contribution >= 4 is 11.6 Å². The van der Waals surface area contributed by atoms with E-state index in [1.165, 1.54) is 20.0 Å². The summed E-state index contributed by atoms with van der Waals surface area (Å²) in [7, 11) is 1.93. The van der Waals surface area contributed by atoms with Gasteiger partial charge in [0.25, 0.3) is 5.91 Å². The van der Waals surface area contributed by atoms with Crippen LogP contribution in [0.25, 0.3) is 0 Å². The van der Waals surface area contributed by atoms with Crippen LogP contribution in [-0.4, -0.2) is 47.4 Å². The number of nitrogens with two attached hydrogens (primary N) is 1. The van der Waals surface area contributed by atoms with E-state index in [0.29, 0.717) is 11.6 Å². The quantitative estimate of drug-likeness (QED) is 0.571. The molecule has 1 saturated carbocycles. The van der Waals surface area contributed by atoms with Gasteiger partial charge in [-0.25, -0.2) is 4.39 Å². The van der Waals surface area contributed by atoms with Crippen LogP contribution in [0.5, 0.6) is 0 Å². The molecule has 0 radical (unpaired) electrons. The van der Waals surface area contributed by atoms with Gasteiger partial charge in [0, 0.05) is 18.7 Å². The van der Waals surface area contributed by atoms with Crippen molar-refractivity contribution in [3.05, 3.63) is 23.5 Å². The molecule has 0 unspecified atom stereocenters. The normalized spacial score (nSPS) is 21.9. The molecule has 0 aromatic carbocycles. The summed E-state index contributed by atoms with van der Waals surface area (Å²) in [5.41, 5.74) is 5.06. The Morgan fingerprint density at radius 2 is 2.21 bits per heavy atom. The molecule has 24 heavy (non-hydrogen) atoms. The number of nitrogens with one attached hydrogen (secondary N) is 2. The molecule has 5 N–H and O–H groups in total. The largest absolute Gasteiger partial charge is 0.387 e. The molecule has 0 aliphatic heterocycles. The highest BCUT2D eigenvalue weighted by molar-refractivity contribution is 5.99. The third kappa shape index (κ3) is 4.42. The Kier molecular flexibility index (Phi) is 5.77. The van der Waals surface area contributed by atoms with Crippen LogP contribution in [0.15, 0.2) is 12.3 Å².